The minimum atomic E-state index is -0.810. The van der Waals surface area contributed by atoms with E-state index in [1.165, 1.54) is 4.57 Å². The molecule has 28 heavy (non-hydrogen) atoms. The van der Waals surface area contributed by atoms with Gasteiger partial charge >= 0.3 is 6.09 Å². The highest BCUT2D eigenvalue weighted by Crippen LogP contribution is 2.17. The molecule has 0 radical (unpaired) electrons. The largest absolute Gasteiger partial charge is 0.486 e. The number of rotatable bonds is 5. The third-order valence-corrected chi connectivity index (χ3v) is 4.56. The van der Waals surface area contributed by atoms with Crippen LogP contribution >= 0.6 is 0 Å². The van der Waals surface area contributed by atoms with Crippen LogP contribution in [-0.2, 0) is 29.6 Å². The van der Waals surface area contributed by atoms with Crippen molar-refractivity contribution in [1.82, 2.24) is 14.9 Å². The molecule has 0 aliphatic carbocycles. The summed E-state index contributed by atoms with van der Waals surface area (Å²) in [6.45, 7) is 0.137. The first kappa shape index (κ1) is 17.7. The van der Waals surface area contributed by atoms with Crippen LogP contribution in [0.15, 0.2) is 53.3 Å². The standard InChI is InChI=1S/C20H17N3O5/c1-23-17(21-15-5-3-2-4-14(15)19(23)25)11-27-13-8-6-12(7-9-13)10-16-18(24)22-20(26)28-16/h2-9,16H,10-11H2,1H3,(H,22,24,26). The Kier molecular flexibility index (Phi) is 4.52. The first-order chi connectivity index (χ1) is 13.5. The van der Waals surface area contributed by atoms with Crippen LogP contribution in [0, 0.1) is 0 Å². The molecule has 2 heterocycles. The van der Waals surface area contributed by atoms with E-state index in [-0.39, 0.29) is 12.2 Å². The fourth-order valence-electron chi connectivity index (χ4n) is 3.00. The van der Waals surface area contributed by atoms with Gasteiger partial charge in [-0.2, -0.15) is 0 Å². The van der Waals surface area contributed by atoms with E-state index in [2.05, 4.69) is 10.3 Å². The normalized spacial score (nSPS) is 16.1. The van der Waals surface area contributed by atoms with Crippen LogP contribution < -0.4 is 15.6 Å². The molecule has 1 N–H and O–H groups in total. The quantitative estimate of drug-likeness (QED) is 0.724. The molecule has 2 amide bonds. The van der Waals surface area contributed by atoms with Crippen molar-refractivity contribution in [1.29, 1.82) is 0 Å². The molecule has 1 unspecified atom stereocenters. The fourth-order valence-corrected chi connectivity index (χ4v) is 3.00. The molecule has 8 heteroatoms. The van der Waals surface area contributed by atoms with Crippen molar-refractivity contribution in [3.05, 3.63) is 70.3 Å². The van der Waals surface area contributed by atoms with Crippen molar-refractivity contribution in [2.75, 3.05) is 0 Å². The molecule has 2 aromatic carbocycles. The van der Waals surface area contributed by atoms with Crippen molar-refractivity contribution < 1.29 is 19.1 Å². The zero-order chi connectivity index (χ0) is 19.7. The highest BCUT2D eigenvalue weighted by atomic mass is 16.6. The van der Waals surface area contributed by atoms with Gasteiger partial charge in [0.25, 0.3) is 11.5 Å². The van der Waals surface area contributed by atoms with Crippen molar-refractivity contribution in [3.63, 3.8) is 0 Å². The molecule has 142 valence electrons. The molecular formula is C20H17N3O5. The van der Waals surface area contributed by atoms with Crippen molar-refractivity contribution >= 4 is 22.9 Å². The maximum atomic E-state index is 12.4. The average Bonchev–Trinajstić information content (AvgIpc) is 3.01. The number of hydrogen-bond acceptors (Lipinski definition) is 6. The van der Waals surface area contributed by atoms with E-state index >= 15 is 0 Å². The number of fused-ring (bicyclic) bond motifs is 1. The third-order valence-electron chi connectivity index (χ3n) is 4.56. The van der Waals surface area contributed by atoms with Gasteiger partial charge in [-0.25, -0.2) is 9.78 Å². The monoisotopic (exact) mass is 379 g/mol. The summed E-state index contributed by atoms with van der Waals surface area (Å²) >= 11 is 0. The van der Waals surface area contributed by atoms with Gasteiger partial charge in [0.15, 0.2) is 6.10 Å². The number of alkyl carbamates (subject to hydrolysis) is 1. The van der Waals surface area contributed by atoms with Gasteiger partial charge in [0.1, 0.15) is 18.2 Å². The first-order valence-corrected chi connectivity index (χ1v) is 8.69. The van der Waals surface area contributed by atoms with Gasteiger partial charge in [0, 0.05) is 13.5 Å². The summed E-state index contributed by atoms with van der Waals surface area (Å²) in [5, 5.41) is 2.66. The maximum Gasteiger partial charge on any atom is 0.414 e. The van der Waals surface area contributed by atoms with Gasteiger partial charge in [-0.1, -0.05) is 24.3 Å². The number of amides is 2. The molecular weight excluding hydrogens is 362 g/mol. The number of hydrogen-bond donors (Lipinski definition) is 1. The van der Waals surface area contributed by atoms with Gasteiger partial charge < -0.3 is 9.47 Å². The van der Waals surface area contributed by atoms with Gasteiger partial charge in [-0.3, -0.25) is 19.5 Å². The zero-order valence-corrected chi connectivity index (χ0v) is 15.0. The molecule has 4 rings (SSSR count). The van der Waals surface area contributed by atoms with E-state index in [9.17, 15) is 14.4 Å². The second-order valence-electron chi connectivity index (χ2n) is 6.43. The van der Waals surface area contributed by atoms with E-state index in [1.54, 1.807) is 49.5 Å². The molecule has 0 spiro atoms. The van der Waals surface area contributed by atoms with Crippen LogP contribution in [-0.4, -0.2) is 27.7 Å². The fraction of sp³-hybridized carbons (Fsp3) is 0.200. The molecule has 1 atom stereocenters. The van der Waals surface area contributed by atoms with E-state index in [0.717, 1.165) is 5.56 Å². The van der Waals surface area contributed by atoms with E-state index in [4.69, 9.17) is 9.47 Å². The first-order valence-electron chi connectivity index (χ1n) is 8.69. The molecule has 1 aromatic heterocycles. The number of benzene rings is 2. The minimum Gasteiger partial charge on any atom is -0.486 e. The minimum absolute atomic E-state index is 0.121. The van der Waals surface area contributed by atoms with Crippen LogP contribution in [0.2, 0.25) is 0 Å². The number of aromatic nitrogens is 2. The van der Waals surface area contributed by atoms with Gasteiger partial charge in [0.05, 0.1) is 10.9 Å². The summed E-state index contributed by atoms with van der Waals surface area (Å²) < 4.78 is 12.1. The number of carbonyl (C=O) groups is 2. The Morgan fingerprint density at radius 2 is 1.86 bits per heavy atom. The molecule has 1 aliphatic rings. The predicted molar refractivity (Wildman–Crippen MR) is 99.9 cm³/mol. The SMILES string of the molecule is Cn1c(COc2ccc(CC3OC(=O)NC3=O)cc2)nc2ccccc2c1=O. The Morgan fingerprint density at radius 1 is 1.11 bits per heavy atom. The topological polar surface area (TPSA) is 99.5 Å². The third kappa shape index (κ3) is 3.44. The summed E-state index contributed by atoms with van der Waals surface area (Å²) in [7, 11) is 1.66. The lowest BCUT2D eigenvalue weighted by atomic mass is 10.1. The van der Waals surface area contributed by atoms with Crippen molar-refractivity contribution in [2.45, 2.75) is 19.1 Å². The number of nitrogens with zero attached hydrogens (tertiary/aromatic N) is 2. The molecule has 1 fully saturated rings. The molecule has 0 saturated carbocycles. The van der Waals surface area contributed by atoms with E-state index in [1.807, 2.05) is 6.07 Å². The lowest BCUT2D eigenvalue weighted by Gasteiger charge is -2.11. The van der Waals surface area contributed by atoms with Crippen molar-refractivity contribution in [3.8, 4) is 5.75 Å². The zero-order valence-electron chi connectivity index (χ0n) is 15.0. The van der Waals surface area contributed by atoms with Gasteiger partial charge in [-0.15, -0.1) is 0 Å². The number of imide groups is 1. The summed E-state index contributed by atoms with van der Waals surface area (Å²) in [5.74, 6) is 0.676. The Morgan fingerprint density at radius 3 is 2.57 bits per heavy atom. The van der Waals surface area contributed by atoms with Crippen molar-refractivity contribution in [2.24, 2.45) is 7.05 Å². The second kappa shape index (κ2) is 7.15. The van der Waals surface area contributed by atoms with E-state index in [0.29, 0.717) is 28.9 Å². The number of ether oxygens (including phenoxy) is 2. The Bertz CT molecular complexity index is 1120. The summed E-state index contributed by atoms with van der Waals surface area (Å²) in [6.07, 6.45) is -1.24. The Hall–Kier alpha value is -3.68. The van der Waals surface area contributed by atoms with E-state index < -0.39 is 18.1 Å². The lowest BCUT2D eigenvalue weighted by Crippen LogP contribution is -2.25. The summed E-state index contributed by atoms with van der Waals surface area (Å²) in [5.41, 5.74) is 1.34. The molecule has 8 nitrogen and oxygen atoms in total. The maximum absolute atomic E-state index is 12.4. The summed E-state index contributed by atoms with van der Waals surface area (Å²) in [4.78, 5) is 39.5. The summed E-state index contributed by atoms with van der Waals surface area (Å²) in [6, 6.07) is 14.3. The van der Waals surface area contributed by atoms with Crippen LogP contribution in [0.4, 0.5) is 4.79 Å². The number of cyclic esters (lactones) is 1. The van der Waals surface area contributed by atoms with Gasteiger partial charge in [-0.05, 0) is 29.8 Å². The Labute approximate surface area is 159 Å². The number of carbonyl (C=O) groups excluding carboxylic acids is 2. The van der Waals surface area contributed by atoms with Crippen LogP contribution in [0.25, 0.3) is 10.9 Å². The molecule has 1 aliphatic heterocycles. The van der Waals surface area contributed by atoms with Crippen LogP contribution in [0.5, 0.6) is 5.75 Å². The average molecular weight is 379 g/mol. The predicted octanol–water partition coefficient (Wildman–Crippen LogP) is 1.69. The highest BCUT2D eigenvalue weighted by molar-refractivity contribution is 6.00. The van der Waals surface area contributed by atoms with Crippen LogP contribution in [0.3, 0.4) is 0 Å². The number of para-hydroxylation sites is 1. The molecule has 3 aromatic rings. The van der Waals surface area contributed by atoms with Crippen LogP contribution in [0.1, 0.15) is 11.4 Å². The Balaban J connectivity index is 1.45. The molecule has 1 saturated heterocycles. The highest BCUT2D eigenvalue weighted by Gasteiger charge is 2.31. The smallest absolute Gasteiger partial charge is 0.414 e. The second-order valence-corrected chi connectivity index (χ2v) is 6.43. The lowest BCUT2D eigenvalue weighted by molar-refractivity contribution is -0.123. The number of nitrogens with one attached hydrogen (secondary N) is 1. The van der Waals surface area contributed by atoms with Gasteiger partial charge in [0.2, 0.25) is 0 Å². The molecule has 0 bridgehead atoms.